The number of hydrogen-bond donors (Lipinski definition) is 1. The van der Waals surface area contributed by atoms with Gasteiger partial charge in [-0.1, -0.05) is 44.3 Å². The topological polar surface area (TPSA) is 80.9 Å². The highest BCUT2D eigenvalue weighted by atomic mass is 79.9. The highest BCUT2D eigenvalue weighted by Crippen LogP contribution is 2.29. The highest BCUT2D eigenvalue weighted by Gasteiger charge is 2.18. The molecular weight excluding hydrogens is 467 g/mol. The van der Waals surface area contributed by atoms with Gasteiger partial charge in [-0.2, -0.15) is 0 Å². The maximum absolute atomic E-state index is 11.8. The lowest BCUT2D eigenvalue weighted by atomic mass is 10.1. The van der Waals surface area contributed by atoms with Crippen molar-refractivity contribution in [3.8, 4) is 17.1 Å². The van der Waals surface area contributed by atoms with Crippen molar-refractivity contribution in [3.05, 3.63) is 68.2 Å². The normalized spacial score (nSPS) is 11.1. The molecule has 6 nitrogen and oxygen atoms in total. The number of aromatic nitrogens is 4. The number of nitrogens with zero attached hydrogens (tertiary/aromatic N) is 4. The third kappa shape index (κ3) is 3.37. The molecule has 1 N–H and O–H groups in total. The molecule has 0 saturated carbocycles. The number of halogens is 3. The summed E-state index contributed by atoms with van der Waals surface area (Å²) in [5, 5.41) is 19.5. The van der Waals surface area contributed by atoms with Crippen molar-refractivity contribution in [2.24, 2.45) is 0 Å². The molecule has 9 heteroatoms. The zero-order chi connectivity index (χ0) is 20.0. The van der Waals surface area contributed by atoms with E-state index in [1.165, 1.54) is 6.07 Å². The Morgan fingerprint density at radius 3 is 2.50 bits per heavy atom. The van der Waals surface area contributed by atoms with Crippen molar-refractivity contribution < 1.29 is 9.90 Å². The zero-order valence-corrected chi connectivity index (χ0v) is 17.4. The molecule has 0 saturated heterocycles. The van der Waals surface area contributed by atoms with Gasteiger partial charge in [0.2, 0.25) is 0 Å². The first-order valence-electron chi connectivity index (χ1n) is 8.06. The quantitative estimate of drug-likeness (QED) is 0.417. The van der Waals surface area contributed by atoms with E-state index in [1.54, 1.807) is 35.0 Å². The average molecular weight is 478 g/mol. The summed E-state index contributed by atoms with van der Waals surface area (Å²) in [7, 11) is 0. The molecule has 0 amide bonds. The van der Waals surface area contributed by atoms with E-state index in [4.69, 9.17) is 23.2 Å². The molecule has 0 spiro atoms. The van der Waals surface area contributed by atoms with Crippen LogP contribution in [-0.2, 0) is 0 Å². The second-order valence-electron chi connectivity index (χ2n) is 6.08. The van der Waals surface area contributed by atoms with Gasteiger partial charge in [0.25, 0.3) is 0 Å². The first-order chi connectivity index (χ1) is 13.3. The van der Waals surface area contributed by atoms with Gasteiger partial charge in [0.1, 0.15) is 5.69 Å². The second-order valence-corrected chi connectivity index (χ2v) is 7.87. The van der Waals surface area contributed by atoms with Gasteiger partial charge in [-0.25, -0.2) is 14.5 Å². The van der Waals surface area contributed by atoms with E-state index in [9.17, 15) is 9.90 Å². The Morgan fingerprint density at radius 2 is 1.82 bits per heavy atom. The Morgan fingerprint density at radius 1 is 1.11 bits per heavy atom. The largest absolute Gasteiger partial charge is 0.478 e. The molecule has 0 aliphatic carbocycles. The van der Waals surface area contributed by atoms with Crippen molar-refractivity contribution in [3.63, 3.8) is 0 Å². The summed E-state index contributed by atoms with van der Waals surface area (Å²) in [5.41, 5.74) is 2.92. The van der Waals surface area contributed by atoms with Gasteiger partial charge in [0, 0.05) is 19.9 Å². The van der Waals surface area contributed by atoms with Crippen LogP contribution < -0.4 is 0 Å². The summed E-state index contributed by atoms with van der Waals surface area (Å²) in [6.45, 7) is 1.82. The van der Waals surface area contributed by atoms with Crippen LogP contribution in [0.15, 0.2) is 46.9 Å². The van der Waals surface area contributed by atoms with E-state index < -0.39 is 5.97 Å². The summed E-state index contributed by atoms with van der Waals surface area (Å²) in [6.07, 6.45) is 0. The number of carbonyl (C=O) groups is 1. The fourth-order valence-electron chi connectivity index (χ4n) is 2.97. The summed E-state index contributed by atoms with van der Waals surface area (Å²) in [4.78, 5) is 16.4. The SMILES string of the molecule is Cc1c(-c2cc(C(=O)O)c3cc(Br)ccc3n2)nnn1-c1cc(Cl)cc(Cl)c1. The minimum Gasteiger partial charge on any atom is -0.478 e. The van der Waals surface area contributed by atoms with Crippen LogP contribution in [0.4, 0.5) is 0 Å². The van der Waals surface area contributed by atoms with E-state index in [2.05, 4.69) is 31.2 Å². The maximum atomic E-state index is 11.8. The molecule has 0 aliphatic heterocycles. The molecule has 0 radical (unpaired) electrons. The van der Waals surface area contributed by atoms with Gasteiger partial charge in [0.05, 0.1) is 28.2 Å². The Hall–Kier alpha value is -2.48. The van der Waals surface area contributed by atoms with E-state index >= 15 is 0 Å². The highest BCUT2D eigenvalue weighted by molar-refractivity contribution is 9.10. The van der Waals surface area contributed by atoms with E-state index in [0.29, 0.717) is 43.7 Å². The van der Waals surface area contributed by atoms with Crippen LogP contribution in [0.25, 0.3) is 28.0 Å². The molecule has 0 unspecified atom stereocenters. The van der Waals surface area contributed by atoms with Crippen molar-refractivity contribution in [1.82, 2.24) is 20.0 Å². The predicted molar refractivity (Wildman–Crippen MR) is 112 cm³/mol. The van der Waals surface area contributed by atoms with Crippen molar-refractivity contribution >= 4 is 56.0 Å². The Kier molecular flexibility index (Phi) is 4.82. The Balaban J connectivity index is 1.91. The van der Waals surface area contributed by atoms with Crippen LogP contribution in [0.5, 0.6) is 0 Å². The number of aromatic carboxylic acids is 1. The van der Waals surface area contributed by atoms with Crippen LogP contribution in [0.3, 0.4) is 0 Å². The van der Waals surface area contributed by atoms with Gasteiger partial charge in [-0.15, -0.1) is 5.10 Å². The number of carboxylic acid groups (broad SMARTS) is 1. The number of carboxylic acids is 1. The van der Waals surface area contributed by atoms with Crippen LogP contribution in [0, 0.1) is 6.92 Å². The lowest BCUT2D eigenvalue weighted by molar-refractivity contribution is 0.0699. The number of fused-ring (bicyclic) bond motifs is 1. The van der Waals surface area contributed by atoms with Crippen molar-refractivity contribution in [1.29, 1.82) is 0 Å². The monoisotopic (exact) mass is 476 g/mol. The molecule has 140 valence electrons. The molecule has 0 fully saturated rings. The average Bonchev–Trinajstić information content (AvgIpc) is 3.01. The van der Waals surface area contributed by atoms with Gasteiger partial charge < -0.3 is 5.11 Å². The fourth-order valence-corrected chi connectivity index (χ4v) is 3.84. The van der Waals surface area contributed by atoms with Gasteiger partial charge in [-0.05, 0) is 49.4 Å². The molecule has 4 rings (SSSR count). The molecule has 0 bridgehead atoms. The Bertz CT molecular complexity index is 1240. The van der Waals surface area contributed by atoms with E-state index in [-0.39, 0.29) is 5.56 Å². The summed E-state index contributed by atoms with van der Waals surface area (Å²) in [5.74, 6) is -1.04. The van der Waals surface area contributed by atoms with Gasteiger partial charge in [-0.3, -0.25) is 0 Å². The summed E-state index contributed by atoms with van der Waals surface area (Å²) < 4.78 is 2.36. The number of hydrogen-bond acceptors (Lipinski definition) is 4. The van der Waals surface area contributed by atoms with Crippen LogP contribution in [0.1, 0.15) is 16.1 Å². The Labute approximate surface area is 177 Å². The fraction of sp³-hybridized carbons (Fsp3) is 0.0526. The van der Waals surface area contributed by atoms with E-state index in [0.717, 1.165) is 4.47 Å². The summed E-state index contributed by atoms with van der Waals surface area (Å²) in [6, 6.07) is 11.9. The molecule has 28 heavy (non-hydrogen) atoms. The standard InChI is InChI=1S/C19H11BrCl2N4O2/c1-9-18(24-25-26(9)13-6-11(21)5-12(22)7-13)17-8-15(19(27)28)14-4-10(20)2-3-16(14)23-17/h2-8H,1H3,(H,27,28). The van der Waals surface area contributed by atoms with Crippen molar-refractivity contribution in [2.45, 2.75) is 6.92 Å². The minimum absolute atomic E-state index is 0.140. The smallest absolute Gasteiger partial charge is 0.336 e. The number of pyridine rings is 1. The third-order valence-corrected chi connectivity index (χ3v) is 5.16. The third-order valence-electron chi connectivity index (χ3n) is 4.23. The predicted octanol–water partition coefficient (Wildman–Crippen LogP) is 5.56. The zero-order valence-electron chi connectivity index (χ0n) is 14.3. The van der Waals surface area contributed by atoms with Crippen LogP contribution in [0.2, 0.25) is 10.0 Å². The maximum Gasteiger partial charge on any atom is 0.336 e. The molecule has 2 aromatic carbocycles. The van der Waals surface area contributed by atoms with Crippen LogP contribution >= 0.6 is 39.1 Å². The van der Waals surface area contributed by atoms with Gasteiger partial charge in [0.15, 0.2) is 0 Å². The molecule has 2 heterocycles. The van der Waals surface area contributed by atoms with Gasteiger partial charge >= 0.3 is 5.97 Å². The molecule has 0 atom stereocenters. The van der Waals surface area contributed by atoms with Crippen LogP contribution in [-0.4, -0.2) is 31.1 Å². The first-order valence-corrected chi connectivity index (χ1v) is 9.61. The first kappa shape index (κ1) is 18.9. The molecule has 4 aromatic rings. The van der Waals surface area contributed by atoms with Crippen molar-refractivity contribution in [2.75, 3.05) is 0 Å². The lowest BCUT2D eigenvalue weighted by Gasteiger charge is -2.08. The number of benzene rings is 2. The van der Waals surface area contributed by atoms with E-state index in [1.807, 2.05) is 13.0 Å². The summed E-state index contributed by atoms with van der Waals surface area (Å²) >= 11 is 15.5. The number of rotatable bonds is 3. The molecule has 2 aromatic heterocycles. The second kappa shape index (κ2) is 7.16. The lowest BCUT2D eigenvalue weighted by Crippen LogP contribution is -2.02. The molecule has 0 aliphatic rings. The minimum atomic E-state index is -1.04. The molecular formula is C19H11BrCl2N4O2.